The van der Waals surface area contributed by atoms with Gasteiger partial charge in [0.2, 0.25) is 11.8 Å². The third-order valence-corrected chi connectivity index (χ3v) is 8.49. The van der Waals surface area contributed by atoms with E-state index in [2.05, 4.69) is 10.6 Å². The summed E-state index contributed by atoms with van der Waals surface area (Å²) in [6.07, 6.45) is 5.73. The first-order valence-electron chi connectivity index (χ1n) is 15.8. The van der Waals surface area contributed by atoms with Gasteiger partial charge in [-0.3, -0.25) is 19.2 Å². The Morgan fingerprint density at radius 1 is 0.956 bits per heavy atom. The highest BCUT2D eigenvalue weighted by Gasteiger charge is 2.32. The molecule has 1 aliphatic carbocycles. The molecule has 1 aliphatic rings. The number of likely N-dealkylation sites (N-methyl/N-ethyl adjacent to an activating group) is 2. The number of rotatable bonds is 16. The maximum absolute atomic E-state index is 13.7. The van der Waals surface area contributed by atoms with Crippen molar-refractivity contribution in [2.45, 2.75) is 83.4 Å². The molecule has 1 saturated carbocycles. The third kappa shape index (κ3) is 12.4. The van der Waals surface area contributed by atoms with Gasteiger partial charge in [0, 0.05) is 31.6 Å². The van der Waals surface area contributed by atoms with E-state index in [0.717, 1.165) is 42.7 Å². The number of amides is 4. The van der Waals surface area contributed by atoms with E-state index in [-0.39, 0.29) is 31.3 Å². The summed E-state index contributed by atoms with van der Waals surface area (Å²) >= 11 is 6.04. The largest absolute Gasteiger partial charge is 0.445 e. The molecule has 1 fully saturated rings. The molecule has 0 spiro atoms. The average Bonchev–Trinajstić information content (AvgIpc) is 3.05. The number of nitrogens with one attached hydrogen (secondary N) is 2. The van der Waals surface area contributed by atoms with Crippen molar-refractivity contribution in [3.05, 3.63) is 70.7 Å². The lowest BCUT2D eigenvalue weighted by molar-refractivity contribution is -0.172. The van der Waals surface area contributed by atoms with Crippen LogP contribution in [0, 0.1) is 5.92 Å². The van der Waals surface area contributed by atoms with Crippen molar-refractivity contribution in [1.82, 2.24) is 20.6 Å². The monoisotopic (exact) mass is 642 g/mol. The molecule has 4 amide bonds. The Morgan fingerprint density at radius 3 is 2.33 bits per heavy atom. The third-order valence-electron chi connectivity index (χ3n) is 8.25. The zero-order valence-electron chi connectivity index (χ0n) is 26.6. The molecular weight excluding hydrogens is 596 g/mol. The van der Waals surface area contributed by atoms with E-state index in [1.807, 2.05) is 37.3 Å². The number of hydroxylamine groups is 2. The van der Waals surface area contributed by atoms with Crippen molar-refractivity contribution < 1.29 is 28.8 Å². The van der Waals surface area contributed by atoms with Crippen LogP contribution in [0.1, 0.15) is 69.4 Å². The molecule has 0 heterocycles. The molecule has 0 saturated heterocycles. The normalized spacial score (nSPS) is 14.6. The number of nitrogens with zero attached hydrogens (tertiary/aromatic N) is 2. The number of carbonyl (C=O) groups is 4. The summed E-state index contributed by atoms with van der Waals surface area (Å²) in [6, 6.07) is 15.0. The molecule has 0 radical (unpaired) electrons. The summed E-state index contributed by atoms with van der Waals surface area (Å²) in [4.78, 5) is 59.8. The number of carbonyl (C=O) groups excluding carboxylic acids is 4. The number of hydrogen-bond acceptors (Lipinski definition) is 6. The van der Waals surface area contributed by atoms with Crippen molar-refractivity contribution in [2.24, 2.45) is 5.92 Å². The topological polar surface area (TPSA) is 117 Å². The molecule has 0 bridgehead atoms. The quantitative estimate of drug-likeness (QED) is 0.241. The summed E-state index contributed by atoms with van der Waals surface area (Å²) < 4.78 is 5.40. The standard InChI is InChI=1S/C34H47ClN4O6/c1-4-39(21-20-25-12-7-5-8-13-25)31(40)19-18-29(33(42)38(2)44-3)36-32(41)30(23-26-14-9-6-10-15-26)37-34(43)45-24-27-16-11-17-28(35)22-27/h5,7-8,11-13,16-17,22,26,29-30H,4,6,9-10,14-15,18-21,23-24H2,1-3H3,(H,36,41)(H,37,43)/t29-,30-/m1/s1. The molecule has 246 valence electrons. The number of benzene rings is 2. The number of alkyl carbamates (subject to hydrolysis) is 1. The van der Waals surface area contributed by atoms with E-state index in [0.29, 0.717) is 36.5 Å². The summed E-state index contributed by atoms with van der Waals surface area (Å²) in [5.74, 6) is -0.859. The van der Waals surface area contributed by atoms with Crippen molar-refractivity contribution >= 4 is 35.4 Å². The van der Waals surface area contributed by atoms with Crippen LogP contribution in [0.25, 0.3) is 0 Å². The highest BCUT2D eigenvalue weighted by Crippen LogP contribution is 2.27. The Labute approximate surface area is 271 Å². The molecule has 45 heavy (non-hydrogen) atoms. The van der Waals surface area contributed by atoms with Crippen molar-refractivity contribution in [2.75, 3.05) is 27.2 Å². The van der Waals surface area contributed by atoms with Crippen LogP contribution in [0.3, 0.4) is 0 Å². The van der Waals surface area contributed by atoms with Crippen LogP contribution in [-0.4, -0.2) is 73.1 Å². The summed E-state index contributed by atoms with van der Waals surface area (Å²) in [5, 5.41) is 7.09. The van der Waals surface area contributed by atoms with Gasteiger partial charge in [-0.2, -0.15) is 0 Å². The minimum absolute atomic E-state index is 0.00970. The Hall–Kier alpha value is -3.63. The molecule has 0 unspecified atom stereocenters. The van der Waals surface area contributed by atoms with Gasteiger partial charge in [0.1, 0.15) is 18.7 Å². The molecule has 0 aliphatic heterocycles. The van der Waals surface area contributed by atoms with Crippen LogP contribution in [0.15, 0.2) is 54.6 Å². The fraction of sp³-hybridized carbons (Fsp3) is 0.529. The van der Waals surface area contributed by atoms with Gasteiger partial charge in [-0.1, -0.05) is 86.2 Å². The Kier molecular flexibility index (Phi) is 15.1. The smallest absolute Gasteiger partial charge is 0.408 e. The van der Waals surface area contributed by atoms with Crippen LogP contribution < -0.4 is 10.6 Å². The van der Waals surface area contributed by atoms with Gasteiger partial charge < -0.3 is 20.3 Å². The molecule has 2 N–H and O–H groups in total. The first-order chi connectivity index (χ1) is 21.7. The molecule has 2 aromatic carbocycles. The lowest BCUT2D eigenvalue weighted by atomic mass is 9.84. The van der Waals surface area contributed by atoms with Crippen LogP contribution >= 0.6 is 11.6 Å². The van der Waals surface area contributed by atoms with Crippen LogP contribution in [0.4, 0.5) is 4.79 Å². The maximum atomic E-state index is 13.7. The lowest BCUT2D eigenvalue weighted by Crippen LogP contribution is -2.54. The molecule has 10 nitrogen and oxygen atoms in total. The van der Waals surface area contributed by atoms with Gasteiger partial charge >= 0.3 is 6.09 Å². The Bertz CT molecular complexity index is 1240. The van der Waals surface area contributed by atoms with Crippen LogP contribution in [0.2, 0.25) is 5.02 Å². The van der Waals surface area contributed by atoms with E-state index in [9.17, 15) is 19.2 Å². The molecule has 11 heteroatoms. The van der Waals surface area contributed by atoms with Crippen molar-refractivity contribution in [3.63, 3.8) is 0 Å². The van der Waals surface area contributed by atoms with E-state index < -0.39 is 30.0 Å². The highest BCUT2D eigenvalue weighted by molar-refractivity contribution is 6.30. The molecule has 0 aromatic heterocycles. The second-order valence-corrected chi connectivity index (χ2v) is 11.9. The summed E-state index contributed by atoms with van der Waals surface area (Å²) in [7, 11) is 2.81. The number of ether oxygens (including phenoxy) is 1. The number of halogens is 1. The van der Waals surface area contributed by atoms with Gasteiger partial charge in [0.05, 0.1) is 7.11 Å². The van der Waals surface area contributed by atoms with Gasteiger partial charge in [-0.15, -0.1) is 0 Å². The van der Waals surface area contributed by atoms with Gasteiger partial charge in [0.25, 0.3) is 5.91 Å². The predicted molar refractivity (Wildman–Crippen MR) is 173 cm³/mol. The predicted octanol–water partition coefficient (Wildman–Crippen LogP) is 5.28. The Morgan fingerprint density at radius 2 is 1.67 bits per heavy atom. The molecule has 3 rings (SSSR count). The lowest BCUT2D eigenvalue weighted by Gasteiger charge is -2.29. The summed E-state index contributed by atoms with van der Waals surface area (Å²) in [6.45, 7) is 2.98. The average molecular weight is 643 g/mol. The Balaban J connectivity index is 1.66. The van der Waals surface area contributed by atoms with E-state index in [1.54, 1.807) is 29.2 Å². The molecular formula is C34H47ClN4O6. The zero-order valence-corrected chi connectivity index (χ0v) is 27.4. The first-order valence-corrected chi connectivity index (χ1v) is 16.2. The zero-order chi connectivity index (χ0) is 32.6. The minimum Gasteiger partial charge on any atom is -0.445 e. The minimum atomic E-state index is -1.03. The fourth-order valence-corrected chi connectivity index (χ4v) is 5.79. The van der Waals surface area contributed by atoms with Crippen LogP contribution in [0.5, 0.6) is 0 Å². The second kappa shape index (κ2) is 19.0. The molecule has 2 aromatic rings. The van der Waals surface area contributed by atoms with Crippen molar-refractivity contribution in [1.29, 1.82) is 0 Å². The summed E-state index contributed by atoms with van der Waals surface area (Å²) in [5.41, 5.74) is 1.85. The number of hydrogen-bond donors (Lipinski definition) is 2. The van der Waals surface area contributed by atoms with Crippen LogP contribution in [-0.2, 0) is 37.0 Å². The van der Waals surface area contributed by atoms with E-state index in [1.165, 1.54) is 14.2 Å². The van der Waals surface area contributed by atoms with Gasteiger partial charge in [-0.05, 0) is 55.4 Å². The highest BCUT2D eigenvalue weighted by atomic mass is 35.5. The SMILES string of the molecule is CCN(CCc1ccccc1)C(=O)CC[C@@H](NC(=O)[C@@H](CC1CCCCC1)NC(=O)OCc1cccc(Cl)c1)C(=O)N(C)OC. The fourth-order valence-electron chi connectivity index (χ4n) is 5.58. The van der Waals surface area contributed by atoms with E-state index in [4.69, 9.17) is 21.2 Å². The maximum Gasteiger partial charge on any atom is 0.408 e. The van der Waals surface area contributed by atoms with Gasteiger partial charge in [0.15, 0.2) is 0 Å². The van der Waals surface area contributed by atoms with Gasteiger partial charge in [-0.25, -0.2) is 9.86 Å². The second-order valence-electron chi connectivity index (χ2n) is 11.5. The first kappa shape index (κ1) is 35.8. The van der Waals surface area contributed by atoms with Crippen molar-refractivity contribution in [3.8, 4) is 0 Å². The van der Waals surface area contributed by atoms with E-state index >= 15 is 0 Å². The molecule has 2 atom stereocenters.